The molecule has 0 saturated heterocycles. The summed E-state index contributed by atoms with van der Waals surface area (Å²) in [6, 6.07) is 18.6. The number of aromatic nitrogens is 2. The highest BCUT2D eigenvalue weighted by Gasteiger charge is 2.07. The predicted octanol–water partition coefficient (Wildman–Crippen LogP) is 4.46. The van der Waals surface area contributed by atoms with E-state index in [1.807, 2.05) is 48.5 Å². The first-order chi connectivity index (χ1) is 14.5. The number of rotatable bonds is 8. The van der Waals surface area contributed by atoms with E-state index in [0.717, 1.165) is 17.0 Å². The van der Waals surface area contributed by atoms with Crippen molar-refractivity contribution in [2.75, 3.05) is 12.4 Å². The molecule has 1 heterocycles. The van der Waals surface area contributed by atoms with Gasteiger partial charge in [-0.25, -0.2) is 4.68 Å². The fraction of sp³-hybridized carbons (Fsp3) is 0.292. The van der Waals surface area contributed by atoms with Crippen LogP contribution in [0.1, 0.15) is 38.2 Å². The quantitative estimate of drug-likeness (QED) is 0.600. The van der Waals surface area contributed by atoms with E-state index in [1.54, 1.807) is 13.2 Å². The van der Waals surface area contributed by atoms with Crippen molar-refractivity contribution in [3.8, 4) is 17.0 Å². The van der Waals surface area contributed by atoms with Crippen molar-refractivity contribution in [1.82, 2.24) is 9.78 Å². The number of ether oxygens (including phenoxy) is 1. The van der Waals surface area contributed by atoms with Gasteiger partial charge in [0.1, 0.15) is 5.75 Å². The average molecular weight is 405 g/mol. The lowest BCUT2D eigenvalue weighted by Gasteiger charge is -2.09. The molecule has 1 aromatic heterocycles. The second-order valence-electron chi connectivity index (χ2n) is 7.44. The molecule has 1 amide bonds. The second-order valence-corrected chi connectivity index (χ2v) is 7.44. The van der Waals surface area contributed by atoms with Crippen LogP contribution in [0.25, 0.3) is 11.3 Å². The molecular formula is C24H27N3O3. The molecule has 0 aliphatic carbocycles. The van der Waals surface area contributed by atoms with E-state index in [-0.39, 0.29) is 11.5 Å². The summed E-state index contributed by atoms with van der Waals surface area (Å²) in [5, 5.41) is 7.34. The van der Waals surface area contributed by atoms with Gasteiger partial charge in [0.2, 0.25) is 5.91 Å². The van der Waals surface area contributed by atoms with Crippen molar-refractivity contribution in [3.63, 3.8) is 0 Å². The molecule has 3 rings (SSSR count). The second kappa shape index (κ2) is 9.87. The van der Waals surface area contributed by atoms with Crippen molar-refractivity contribution >= 4 is 11.6 Å². The number of carbonyl (C=O) groups excluding carboxylic acids is 1. The summed E-state index contributed by atoms with van der Waals surface area (Å²) in [6.07, 6.45) is 0.835. The van der Waals surface area contributed by atoms with Gasteiger partial charge in [-0.3, -0.25) is 9.59 Å². The van der Waals surface area contributed by atoms with Crippen LogP contribution < -0.4 is 15.6 Å². The van der Waals surface area contributed by atoms with Crippen LogP contribution in [0.15, 0.2) is 65.5 Å². The Labute approximate surface area is 176 Å². The number of amides is 1. The zero-order valence-electron chi connectivity index (χ0n) is 17.6. The summed E-state index contributed by atoms with van der Waals surface area (Å²) in [6.45, 7) is 4.64. The number of carbonyl (C=O) groups is 1. The molecule has 6 nitrogen and oxygen atoms in total. The van der Waals surface area contributed by atoms with Gasteiger partial charge in [-0.05, 0) is 60.4 Å². The third-order valence-electron chi connectivity index (χ3n) is 4.89. The molecule has 0 aliphatic heterocycles. The van der Waals surface area contributed by atoms with E-state index in [1.165, 1.54) is 16.3 Å². The van der Waals surface area contributed by atoms with Gasteiger partial charge < -0.3 is 10.1 Å². The third-order valence-corrected chi connectivity index (χ3v) is 4.89. The Kier molecular flexibility index (Phi) is 7.01. The lowest BCUT2D eigenvalue weighted by atomic mass is 10.0. The Morgan fingerprint density at radius 2 is 1.73 bits per heavy atom. The fourth-order valence-corrected chi connectivity index (χ4v) is 3.09. The summed E-state index contributed by atoms with van der Waals surface area (Å²) in [4.78, 5) is 24.4. The summed E-state index contributed by atoms with van der Waals surface area (Å²) in [7, 11) is 1.62. The monoisotopic (exact) mass is 405 g/mol. The number of anilines is 1. The van der Waals surface area contributed by atoms with Gasteiger partial charge in [0.15, 0.2) is 0 Å². The molecule has 0 atom stereocenters. The highest BCUT2D eigenvalue weighted by molar-refractivity contribution is 5.90. The summed E-state index contributed by atoms with van der Waals surface area (Å²) in [5.41, 5.74) is 3.42. The molecule has 0 fully saturated rings. The van der Waals surface area contributed by atoms with Crippen LogP contribution in [-0.2, 0) is 11.3 Å². The van der Waals surface area contributed by atoms with Gasteiger partial charge in [0.25, 0.3) is 5.56 Å². The molecular weight excluding hydrogens is 378 g/mol. The summed E-state index contributed by atoms with van der Waals surface area (Å²) < 4.78 is 6.58. The normalized spacial score (nSPS) is 10.8. The van der Waals surface area contributed by atoms with E-state index < -0.39 is 0 Å². The number of nitrogens with zero attached hydrogens (tertiary/aromatic N) is 2. The number of benzene rings is 2. The summed E-state index contributed by atoms with van der Waals surface area (Å²) in [5.74, 6) is 1.14. The van der Waals surface area contributed by atoms with Crippen LogP contribution in [0.4, 0.5) is 5.69 Å². The Balaban J connectivity index is 1.57. The lowest BCUT2D eigenvalue weighted by Crippen LogP contribution is -2.23. The molecule has 156 valence electrons. The molecule has 6 heteroatoms. The van der Waals surface area contributed by atoms with Crippen LogP contribution in [-0.4, -0.2) is 22.8 Å². The molecule has 0 spiro atoms. The van der Waals surface area contributed by atoms with Crippen molar-refractivity contribution < 1.29 is 9.53 Å². The average Bonchev–Trinajstić information content (AvgIpc) is 2.75. The molecule has 0 saturated carbocycles. The number of hydrogen-bond donors (Lipinski definition) is 1. The Hall–Kier alpha value is -3.41. The standard InChI is InChI=1S/C24H27N3O3/c1-17(2)18-6-10-20(11-7-18)25-23(28)5-4-16-27-24(29)15-14-22(26-27)19-8-12-21(30-3)13-9-19/h6-15,17H,4-5,16H2,1-3H3,(H,25,28). The van der Waals surface area contributed by atoms with E-state index >= 15 is 0 Å². The van der Waals surface area contributed by atoms with Gasteiger partial charge in [-0.15, -0.1) is 0 Å². The van der Waals surface area contributed by atoms with Gasteiger partial charge in [-0.1, -0.05) is 26.0 Å². The topological polar surface area (TPSA) is 73.2 Å². The molecule has 0 aliphatic rings. The number of methoxy groups -OCH3 is 1. The zero-order valence-corrected chi connectivity index (χ0v) is 17.6. The maximum absolute atomic E-state index is 12.2. The highest BCUT2D eigenvalue weighted by Crippen LogP contribution is 2.20. The first kappa shape index (κ1) is 21.3. The van der Waals surface area contributed by atoms with Crippen molar-refractivity contribution in [2.45, 2.75) is 39.2 Å². The minimum Gasteiger partial charge on any atom is -0.497 e. The van der Waals surface area contributed by atoms with Crippen LogP contribution in [0.2, 0.25) is 0 Å². The molecule has 0 radical (unpaired) electrons. The Bertz CT molecular complexity index is 1040. The zero-order chi connectivity index (χ0) is 21.5. The minimum atomic E-state index is -0.183. The number of hydrogen-bond acceptors (Lipinski definition) is 4. The van der Waals surface area contributed by atoms with Gasteiger partial charge in [0, 0.05) is 30.3 Å². The molecule has 1 N–H and O–H groups in total. The van der Waals surface area contributed by atoms with Crippen molar-refractivity contribution in [2.24, 2.45) is 0 Å². The van der Waals surface area contributed by atoms with Crippen LogP contribution in [0.3, 0.4) is 0 Å². The van der Waals surface area contributed by atoms with E-state index in [0.29, 0.717) is 31.0 Å². The first-order valence-corrected chi connectivity index (χ1v) is 10.1. The van der Waals surface area contributed by atoms with Crippen molar-refractivity contribution in [3.05, 3.63) is 76.6 Å². The summed E-state index contributed by atoms with van der Waals surface area (Å²) >= 11 is 0. The Morgan fingerprint density at radius 1 is 1.03 bits per heavy atom. The van der Waals surface area contributed by atoms with Crippen LogP contribution in [0, 0.1) is 0 Å². The SMILES string of the molecule is COc1ccc(-c2ccc(=O)n(CCCC(=O)Nc3ccc(C(C)C)cc3)n2)cc1. The van der Waals surface area contributed by atoms with Gasteiger partial charge in [-0.2, -0.15) is 5.10 Å². The number of aryl methyl sites for hydroxylation is 1. The van der Waals surface area contributed by atoms with E-state index in [4.69, 9.17) is 4.74 Å². The van der Waals surface area contributed by atoms with E-state index in [9.17, 15) is 9.59 Å². The first-order valence-electron chi connectivity index (χ1n) is 10.1. The minimum absolute atomic E-state index is 0.0772. The molecule has 0 unspecified atom stereocenters. The maximum Gasteiger partial charge on any atom is 0.266 e. The number of nitrogens with one attached hydrogen (secondary N) is 1. The lowest BCUT2D eigenvalue weighted by molar-refractivity contribution is -0.116. The molecule has 0 bridgehead atoms. The van der Waals surface area contributed by atoms with Gasteiger partial charge in [0.05, 0.1) is 12.8 Å². The largest absolute Gasteiger partial charge is 0.497 e. The molecule has 2 aromatic carbocycles. The third kappa shape index (κ3) is 5.56. The van der Waals surface area contributed by atoms with Crippen molar-refractivity contribution in [1.29, 1.82) is 0 Å². The molecule has 30 heavy (non-hydrogen) atoms. The van der Waals surface area contributed by atoms with Gasteiger partial charge >= 0.3 is 0 Å². The molecule has 3 aromatic rings. The smallest absolute Gasteiger partial charge is 0.266 e. The Morgan fingerprint density at radius 3 is 2.37 bits per heavy atom. The van der Waals surface area contributed by atoms with Crippen LogP contribution in [0.5, 0.6) is 5.75 Å². The maximum atomic E-state index is 12.2. The fourth-order valence-electron chi connectivity index (χ4n) is 3.09. The van der Waals surface area contributed by atoms with Crippen LogP contribution >= 0.6 is 0 Å². The van der Waals surface area contributed by atoms with E-state index in [2.05, 4.69) is 24.3 Å². The predicted molar refractivity (Wildman–Crippen MR) is 119 cm³/mol. The highest BCUT2D eigenvalue weighted by atomic mass is 16.5.